The van der Waals surface area contributed by atoms with E-state index in [-0.39, 0.29) is 4.47 Å². The van der Waals surface area contributed by atoms with Gasteiger partial charge in [-0.05, 0) is 6.07 Å². The third-order valence-electron chi connectivity index (χ3n) is 2.32. The van der Waals surface area contributed by atoms with Crippen LogP contribution in [0.2, 0.25) is 0 Å². The molecule has 6 nitrogen and oxygen atoms in total. The van der Waals surface area contributed by atoms with Crippen LogP contribution >= 0.6 is 15.9 Å². The normalized spacial score (nSPS) is 15.1. The summed E-state index contributed by atoms with van der Waals surface area (Å²) in [6.07, 6.45) is -7.96. The van der Waals surface area contributed by atoms with Crippen molar-refractivity contribution in [2.24, 2.45) is 5.73 Å². The Hall–Kier alpha value is -1.39. The van der Waals surface area contributed by atoms with Crippen LogP contribution in [0.3, 0.4) is 0 Å². The second kappa shape index (κ2) is 5.31. The van der Waals surface area contributed by atoms with Gasteiger partial charge in [0, 0.05) is 16.1 Å². The van der Waals surface area contributed by atoms with Crippen molar-refractivity contribution in [3.05, 3.63) is 32.3 Å². The second-order valence-corrected chi connectivity index (χ2v) is 4.55. The number of alkyl halides is 3. The van der Waals surface area contributed by atoms with E-state index in [9.17, 15) is 28.4 Å². The highest BCUT2D eigenvalue weighted by Crippen LogP contribution is 2.39. The molecule has 0 aliphatic heterocycles. The molecule has 1 aromatic rings. The summed E-state index contributed by atoms with van der Waals surface area (Å²) in [5, 5.41) is 29.2. The molecule has 106 valence electrons. The molecule has 4 N–H and O–H groups in total. The maximum atomic E-state index is 12.3. The fraction of sp³-hybridized carbons (Fsp3) is 0.333. The molecule has 1 rings (SSSR count). The Morgan fingerprint density at radius 3 is 2.37 bits per heavy atom. The molecule has 0 aromatic heterocycles. The zero-order chi connectivity index (χ0) is 15.0. The summed E-state index contributed by atoms with van der Waals surface area (Å²) in [7, 11) is 0. The van der Waals surface area contributed by atoms with Gasteiger partial charge in [0.2, 0.25) is 0 Å². The van der Waals surface area contributed by atoms with Gasteiger partial charge in [-0.2, -0.15) is 13.2 Å². The number of nitrogens with zero attached hydrogens (tertiary/aromatic N) is 1. The highest BCUT2D eigenvalue weighted by atomic mass is 79.9. The Balaban J connectivity index is 3.31. The number of halogens is 4. The Bertz CT molecular complexity index is 509. The van der Waals surface area contributed by atoms with Gasteiger partial charge in [-0.1, -0.05) is 15.9 Å². The molecule has 0 aliphatic rings. The molecular weight excluding hydrogens is 337 g/mol. The van der Waals surface area contributed by atoms with Gasteiger partial charge in [0.15, 0.2) is 11.9 Å². The highest BCUT2D eigenvalue weighted by molar-refractivity contribution is 9.10. The SMILES string of the molecule is N[C@H](c1cc(Br)cc([N+](=O)[O-])c1O)[C@@H](O)C(F)(F)F. The Morgan fingerprint density at radius 1 is 1.42 bits per heavy atom. The van der Waals surface area contributed by atoms with E-state index in [0.29, 0.717) is 0 Å². The van der Waals surface area contributed by atoms with Crippen molar-refractivity contribution in [3.8, 4) is 5.75 Å². The molecule has 0 aliphatic carbocycles. The Labute approximate surface area is 112 Å². The first-order valence-electron chi connectivity index (χ1n) is 4.73. The van der Waals surface area contributed by atoms with Gasteiger partial charge >= 0.3 is 11.9 Å². The molecule has 0 bridgehead atoms. The number of aliphatic hydroxyl groups excluding tert-OH is 1. The van der Waals surface area contributed by atoms with E-state index in [2.05, 4.69) is 15.9 Å². The molecule has 0 saturated carbocycles. The molecule has 19 heavy (non-hydrogen) atoms. The van der Waals surface area contributed by atoms with Crippen molar-refractivity contribution < 1.29 is 28.3 Å². The maximum absolute atomic E-state index is 12.3. The maximum Gasteiger partial charge on any atom is 0.416 e. The molecular formula is C9H8BrF3N2O4. The number of nitrogens with two attached hydrogens (primary N) is 1. The first-order chi connectivity index (χ1) is 8.55. The molecule has 0 saturated heterocycles. The zero-order valence-electron chi connectivity index (χ0n) is 9.06. The van der Waals surface area contributed by atoms with Crippen LogP contribution in [0.15, 0.2) is 16.6 Å². The van der Waals surface area contributed by atoms with E-state index >= 15 is 0 Å². The zero-order valence-corrected chi connectivity index (χ0v) is 10.6. The summed E-state index contributed by atoms with van der Waals surface area (Å²) in [5.41, 5.74) is 3.80. The lowest BCUT2D eigenvalue weighted by Crippen LogP contribution is -2.38. The summed E-state index contributed by atoms with van der Waals surface area (Å²) in [6.45, 7) is 0. The van der Waals surface area contributed by atoms with Crippen LogP contribution in [0.5, 0.6) is 5.75 Å². The number of benzene rings is 1. The van der Waals surface area contributed by atoms with E-state index in [4.69, 9.17) is 10.8 Å². The number of rotatable bonds is 3. The van der Waals surface area contributed by atoms with Crippen LogP contribution in [0.25, 0.3) is 0 Å². The van der Waals surface area contributed by atoms with Gasteiger partial charge in [0.1, 0.15) is 0 Å². The number of phenolic OH excluding ortho intramolecular Hbond substituents is 1. The lowest BCUT2D eigenvalue weighted by molar-refractivity contribution is -0.386. The minimum atomic E-state index is -5.01. The van der Waals surface area contributed by atoms with Gasteiger partial charge in [0.05, 0.1) is 11.0 Å². The lowest BCUT2D eigenvalue weighted by Gasteiger charge is -2.22. The number of aromatic hydroxyl groups is 1. The third kappa shape index (κ3) is 3.33. The van der Waals surface area contributed by atoms with Crippen molar-refractivity contribution >= 4 is 21.6 Å². The van der Waals surface area contributed by atoms with Crippen LogP contribution in [0.4, 0.5) is 18.9 Å². The number of phenols is 1. The van der Waals surface area contributed by atoms with Crippen LogP contribution in [-0.2, 0) is 0 Å². The van der Waals surface area contributed by atoms with E-state index in [1.165, 1.54) is 0 Å². The van der Waals surface area contributed by atoms with E-state index in [0.717, 1.165) is 12.1 Å². The third-order valence-corrected chi connectivity index (χ3v) is 2.77. The fourth-order valence-electron chi connectivity index (χ4n) is 1.37. The minimum absolute atomic E-state index is 0.0526. The molecule has 0 unspecified atom stereocenters. The largest absolute Gasteiger partial charge is 0.502 e. The topological polar surface area (TPSA) is 110 Å². The van der Waals surface area contributed by atoms with Crippen molar-refractivity contribution in [3.63, 3.8) is 0 Å². The van der Waals surface area contributed by atoms with Crippen molar-refractivity contribution in [1.29, 1.82) is 0 Å². The van der Waals surface area contributed by atoms with E-state index in [1.54, 1.807) is 0 Å². The minimum Gasteiger partial charge on any atom is -0.502 e. The fourth-order valence-corrected chi connectivity index (χ4v) is 1.84. The smallest absolute Gasteiger partial charge is 0.416 e. The summed E-state index contributed by atoms with van der Waals surface area (Å²) in [4.78, 5) is 9.64. The quantitative estimate of drug-likeness (QED) is 0.573. The molecule has 1 aromatic carbocycles. The summed E-state index contributed by atoms with van der Waals surface area (Å²) in [5.74, 6) is -1.01. The number of hydrogen-bond acceptors (Lipinski definition) is 5. The molecule has 0 amide bonds. The molecule has 2 atom stereocenters. The monoisotopic (exact) mass is 344 g/mol. The summed E-state index contributed by atoms with van der Waals surface area (Å²) in [6, 6.07) is -0.163. The van der Waals surface area contributed by atoms with E-state index in [1.807, 2.05) is 0 Å². The van der Waals surface area contributed by atoms with Gasteiger partial charge in [-0.25, -0.2) is 0 Å². The van der Waals surface area contributed by atoms with Crippen LogP contribution < -0.4 is 5.73 Å². The molecule has 0 radical (unpaired) electrons. The summed E-state index contributed by atoms with van der Waals surface area (Å²) >= 11 is 2.85. The second-order valence-electron chi connectivity index (χ2n) is 3.63. The standard InChI is InChI=1S/C9H8BrF3N2O4/c10-3-1-4(6(14)8(17)9(11,12)13)7(16)5(2-3)15(18)19/h1-2,6,8,16-17H,14H2/t6-,8-/m1/s1. The molecule has 0 heterocycles. The first kappa shape index (κ1) is 15.7. The van der Waals surface area contributed by atoms with Crippen molar-refractivity contribution in [1.82, 2.24) is 0 Å². The van der Waals surface area contributed by atoms with Gasteiger partial charge < -0.3 is 15.9 Å². The number of nitro benzene ring substituents is 1. The van der Waals surface area contributed by atoms with E-state index < -0.39 is 40.2 Å². The average Bonchev–Trinajstić information content (AvgIpc) is 2.28. The Morgan fingerprint density at radius 2 is 1.95 bits per heavy atom. The van der Waals surface area contributed by atoms with Gasteiger partial charge in [-0.3, -0.25) is 10.1 Å². The van der Waals surface area contributed by atoms with Gasteiger partial charge in [0.25, 0.3) is 0 Å². The summed E-state index contributed by atoms with van der Waals surface area (Å²) < 4.78 is 37.0. The Kier molecular flexibility index (Phi) is 4.38. The predicted octanol–water partition coefficient (Wildman–Crippen LogP) is 1.99. The molecule has 0 fully saturated rings. The van der Waals surface area contributed by atoms with Crippen LogP contribution in [0.1, 0.15) is 11.6 Å². The number of hydrogen-bond donors (Lipinski definition) is 3. The van der Waals surface area contributed by atoms with Gasteiger partial charge in [-0.15, -0.1) is 0 Å². The number of aliphatic hydroxyl groups is 1. The average molecular weight is 345 g/mol. The first-order valence-corrected chi connectivity index (χ1v) is 5.52. The lowest BCUT2D eigenvalue weighted by atomic mass is 10.00. The molecule has 10 heteroatoms. The predicted molar refractivity (Wildman–Crippen MR) is 61.5 cm³/mol. The van der Waals surface area contributed by atoms with Crippen LogP contribution in [0, 0.1) is 10.1 Å². The molecule has 0 spiro atoms. The van der Waals surface area contributed by atoms with Crippen molar-refractivity contribution in [2.75, 3.05) is 0 Å². The highest BCUT2D eigenvalue weighted by Gasteiger charge is 2.44. The van der Waals surface area contributed by atoms with Crippen molar-refractivity contribution in [2.45, 2.75) is 18.3 Å². The van der Waals surface area contributed by atoms with Crippen LogP contribution in [-0.4, -0.2) is 27.4 Å². The number of nitro groups is 1.